The molecule has 0 amide bonds. The zero-order valence-corrected chi connectivity index (χ0v) is 7.48. The summed E-state index contributed by atoms with van der Waals surface area (Å²) in [6.07, 6.45) is -3.73. The van der Waals surface area contributed by atoms with Crippen LogP contribution in [0.1, 0.15) is 11.7 Å². The Morgan fingerprint density at radius 3 is 2.47 bits per heavy atom. The maximum absolute atomic E-state index is 13.2. The van der Waals surface area contributed by atoms with Crippen LogP contribution < -0.4 is 5.73 Å². The Hall–Kier alpha value is -1.71. The summed E-state index contributed by atoms with van der Waals surface area (Å²) in [6, 6.07) is 3.13. The summed E-state index contributed by atoms with van der Waals surface area (Å²) in [6.45, 7) is 0. The fraction of sp³-hybridized carbons (Fsp3) is 0.222. The molecule has 80 valence electrons. The molecule has 2 unspecified atom stereocenters. The lowest BCUT2D eigenvalue weighted by Gasteiger charge is -2.15. The topological polar surface area (TPSA) is 90.3 Å². The van der Waals surface area contributed by atoms with Crippen LogP contribution in [-0.2, 0) is 0 Å². The molecule has 0 heterocycles. The number of nitrogens with zero attached hydrogens (tertiary/aromatic N) is 1. The third-order valence-corrected chi connectivity index (χ3v) is 1.89. The highest BCUT2D eigenvalue weighted by atomic mass is 19.2. The van der Waals surface area contributed by atoms with Gasteiger partial charge in [-0.25, -0.2) is 8.78 Å². The molecule has 0 bridgehead atoms. The lowest BCUT2D eigenvalue weighted by molar-refractivity contribution is 0.0504. The number of aliphatic hydroxyl groups excluding tert-OH is 2. The third-order valence-electron chi connectivity index (χ3n) is 1.89. The molecule has 0 aliphatic carbocycles. The lowest BCUT2D eigenvalue weighted by atomic mass is 10.0. The third kappa shape index (κ3) is 2.03. The number of rotatable bonds is 2. The van der Waals surface area contributed by atoms with Crippen molar-refractivity contribution < 1.29 is 19.0 Å². The normalized spacial score (nSPS) is 14.3. The molecule has 1 aromatic rings. The first-order valence-corrected chi connectivity index (χ1v) is 3.98. The van der Waals surface area contributed by atoms with Crippen LogP contribution in [0.3, 0.4) is 0 Å². The van der Waals surface area contributed by atoms with Gasteiger partial charge in [-0.1, -0.05) is 0 Å². The van der Waals surface area contributed by atoms with Crippen molar-refractivity contribution in [2.75, 3.05) is 5.73 Å². The summed E-state index contributed by atoms with van der Waals surface area (Å²) in [5, 5.41) is 26.6. The van der Waals surface area contributed by atoms with Crippen molar-refractivity contribution in [3.8, 4) is 6.07 Å². The zero-order valence-electron chi connectivity index (χ0n) is 7.48. The number of nitrogen functional groups attached to an aromatic ring is 1. The monoisotopic (exact) mass is 214 g/mol. The largest absolute Gasteiger partial charge is 0.398 e. The second kappa shape index (κ2) is 4.21. The van der Waals surface area contributed by atoms with Gasteiger partial charge < -0.3 is 15.9 Å². The van der Waals surface area contributed by atoms with Gasteiger partial charge in [0.1, 0.15) is 6.10 Å². The van der Waals surface area contributed by atoms with E-state index in [0.29, 0.717) is 0 Å². The van der Waals surface area contributed by atoms with E-state index in [0.717, 1.165) is 12.1 Å². The Bertz CT molecular complexity index is 417. The molecule has 0 spiro atoms. The van der Waals surface area contributed by atoms with Crippen molar-refractivity contribution in [2.24, 2.45) is 0 Å². The lowest BCUT2D eigenvalue weighted by Crippen LogP contribution is -2.19. The number of anilines is 1. The van der Waals surface area contributed by atoms with Gasteiger partial charge >= 0.3 is 0 Å². The molecular weight excluding hydrogens is 206 g/mol. The second-order valence-corrected chi connectivity index (χ2v) is 2.88. The Morgan fingerprint density at radius 2 is 1.93 bits per heavy atom. The van der Waals surface area contributed by atoms with E-state index in [4.69, 9.17) is 16.1 Å². The molecule has 0 saturated carbocycles. The van der Waals surface area contributed by atoms with E-state index in [1.165, 1.54) is 6.07 Å². The van der Waals surface area contributed by atoms with Crippen LogP contribution in [0.5, 0.6) is 0 Å². The molecule has 1 rings (SSSR count). The van der Waals surface area contributed by atoms with Gasteiger partial charge in [0.2, 0.25) is 0 Å². The summed E-state index contributed by atoms with van der Waals surface area (Å²) in [4.78, 5) is 0. The van der Waals surface area contributed by atoms with Crippen LogP contribution in [0.2, 0.25) is 0 Å². The number of aliphatic hydroxyl groups is 2. The molecule has 1 aromatic carbocycles. The van der Waals surface area contributed by atoms with Crippen molar-refractivity contribution in [1.29, 1.82) is 5.26 Å². The predicted molar refractivity (Wildman–Crippen MR) is 47.4 cm³/mol. The van der Waals surface area contributed by atoms with Gasteiger partial charge in [0.15, 0.2) is 17.7 Å². The molecule has 0 aliphatic heterocycles. The van der Waals surface area contributed by atoms with Gasteiger partial charge in [0.05, 0.1) is 6.07 Å². The van der Waals surface area contributed by atoms with E-state index >= 15 is 0 Å². The van der Waals surface area contributed by atoms with Gasteiger partial charge in [-0.3, -0.25) is 0 Å². The summed E-state index contributed by atoms with van der Waals surface area (Å²) >= 11 is 0. The van der Waals surface area contributed by atoms with E-state index in [9.17, 15) is 13.9 Å². The minimum atomic E-state index is -1.87. The quantitative estimate of drug-likeness (QED) is 0.493. The van der Waals surface area contributed by atoms with Crippen LogP contribution in [-0.4, -0.2) is 16.3 Å². The first-order valence-electron chi connectivity index (χ1n) is 3.98. The van der Waals surface area contributed by atoms with Crippen LogP contribution >= 0.6 is 0 Å². The molecule has 4 nitrogen and oxygen atoms in total. The minimum Gasteiger partial charge on any atom is -0.398 e. The van der Waals surface area contributed by atoms with Crippen molar-refractivity contribution in [3.63, 3.8) is 0 Å². The number of nitrogens with two attached hydrogens (primary N) is 1. The van der Waals surface area contributed by atoms with Gasteiger partial charge in [-0.2, -0.15) is 5.26 Å². The number of benzene rings is 1. The fourth-order valence-electron chi connectivity index (χ4n) is 1.11. The standard InChI is InChI=1S/C9H8F2N2O2/c10-4-1-2-5(13)7(8(4)11)9(15)6(14)3-12/h1-2,6,9,14-15H,13H2. The molecule has 0 saturated heterocycles. The summed E-state index contributed by atoms with van der Waals surface area (Å²) in [5.74, 6) is -2.57. The molecule has 15 heavy (non-hydrogen) atoms. The summed E-state index contributed by atoms with van der Waals surface area (Å²) in [5.41, 5.74) is 4.46. The average molecular weight is 214 g/mol. The van der Waals surface area contributed by atoms with Gasteiger partial charge in [-0.15, -0.1) is 0 Å². The summed E-state index contributed by atoms with van der Waals surface area (Å²) < 4.78 is 26.0. The Morgan fingerprint density at radius 1 is 1.33 bits per heavy atom. The van der Waals surface area contributed by atoms with E-state index in [-0.39, 0.29) is 5.69 Å². The average Bonchev–Trinajstić information content (AvgIpc) is 2.22. The van der Waals surface area contributed by atoms with E-state index in [1.807, 2.05) is 0 Å². The van der Waals surface area contributed by atoms with Gasteiger partial charge in [0.25, 0.3) is 0 Å². The number of hydrogen-bond donors (Lipinski definition) is 3. The first-order chi connectivity index (χ1) is 6.99. The molecule has 0 aliphatic rings. The maximum Gasteiger partial charge on any atom is 0.170 e. The number of hydrogen-bond acceptors (Lipinski definition) is 4. The Kier molecular flexibility index (Phi) is 3.19. The van der Waals surface area contributed by atoms with Crippen molar-refractivity contribution in [1.82, 2.24) is 0 Å². The van der Waals surface area contributed by atoms with Crippen LogP contribution in [0.15, 0.2) is 12.1 Å². The molecule has 6 heteroatoms. The molecule has 2 atom stereocenters. The van der Waals surface area contributed by atoms with E-state index in [1.54, 1.807) is 0 Å². The highest BCUT2D eigenvalue weighted by Gasteiger charge is 2.25. The Labute approximate surface area is 84.2 Å². The smallest absolute Gasteiger partial charge is 0.170 e. The van der Waals surface area contributed by atoms with E-state index < -0.39 is 29.4 Å². The highest BCUT2D eigenvalue weighted by Crippen LogP contribution is 2.27. The van der Waals surface area contributed by atoms with Crippen molar-refractivity contribution in [2.45, 2.75) is 12.2 Å². The van der Waals surface area contributed by atoms with Crippen molar-refractivity contribution in [3.05, 3.63) is 29.3 Å². The first kappa shape index (κ1) is 11.4. The predicted octanol–water partition coefficient (Wildman–Crippen LogP) is 0.465. The summed E-state index contributed by atoms with van der Waals surface area (Å²) in [7, 11) is 0. The van der Waals surface area contributed by atoms with Gasteiger partial charge in [0, 0.05) is 11.3 Å². The van der Waals surface area contributed by atoms with Crippen LogP contribution in [0.25, 0.3) is 0 Å². The van der Waals surface area contributed by atoms with Gasteiger partial charge in [-0.05, 0) is 12.1 Å². The Balaban J connectivity index is 3.25. The molecule has 0 aromatic heterocycles. The van der Waals surface area contributed by atoms with Crippen LogP contribution in [0.4, 0.5) is 14.5 Å². The number of halogens is 2. The van der Waals surface area contributed by atoms with Crippen molar-refractivity contribution >= 4 is 5.69 Å². The highest BCUT2D eigenvalue weighted by molar-refractivity contribution is 5.49. The molecular formula is C9H8F2N2O2. The zero-order chi connectivity index (χ0) is 11.6. The van der Waals surface area contributed by atoms with E-state index in [2.05, 4.69) is 0 Å². The molecule has 4 N–H and O–H groups in total. The molecule has 0 radical (unpaired) electrons. The minimum absolute atomic E-state index is 0.226. The fourth-order valence-corrected chi connectivity index (χ4v) is 1.11. The maximum atomic E-state index is 13.2. The molecule has 0 fully saturated rings. The SMILES string of the molecule is N#CC(O)C(O)c1c(N)ccc(F)c1F. The van der Waals surface area contributed by atoms with Crippen LogP contribution in [0, 0.1) is 23.0 Å². The number of nitriles is 1. The second-order valence-electron chi connectivity index (χ2n) is 2.88.